The van der Waals surface area contributed by atoms with Crippen molar-refractivity contribution < 1.29 is 16.8 Å². The van der Waals surface area contributed by atoms with Gasteiger partial charge in [-0.1, -0.05) is 36.4 Å². The third-order valence-electron chi connectivity index (χ3n) is 4.71. The molecule has 0 bridgehead atoms. The van der Waals surface area contributed by atoms with Crippen molar-refractivity contribution in [3.63, 3.8) is 0 Å². The van der Waals surface area contributed by atoms with Gasteiger partial charge in [0.15, 0.2) is 0 Å². The number of nitrogens with one attached hydrogen (secondary N) is 4. The van der Waals surface area contributed by atoms with E-state index in [0.717, 1.165) is 51.9 Å². The minimum absolute atomic E-state index is 0.286. The topological polar surface area (TPSA) is 116 Å². The van der Waals surface area contributed by atoms with Crippen LogP contribution in [0.4, 0.5) is 0 Å². The van der Waals surface area contributed by atoms with Crippen molar-refractivity contribution in [1.82, 2.24) is 20.1 Å². The molecule has 32 heavy (non-hydrogen) atoms. The number of unbranched alkanes of at least 4 members (excludes halogenated alkanes) is 1. The molecule has 2 aromatic carbocycles. The minimum Gasteiger partial charge on any atom is -0.317 e. The summed E-state index contributed by atoms with van der Waals surface area (Å²) in [5.74, 6) is 0. The normalized spacial score (nSPS) is 12.1. The molecule has 0 fully saturated rings. The molecule has 10 heteroatoms. The van der Waals surface area contributed by atoms with Gasteiger partial charge in [0.2, 0.25) is 20.0 Å². The summed E-state index contributed by atoms with van der Waals surface area (Å²) in [6.07, 6.45) is 3.49. The van der Waals surface area contributed by atoms with Crippen molar-refractivity contribution in [3.8, 4) is 0 Å². The Morgan fingerprint density at radius 1 is 0.469 bits per heavy atom. The summed E-state index contributed by atoms with van der Waals surface area (Å²) in [4.78, 5) is 0.572. The lowest BCUT2D eigenvalue weighted by molar-refractivity contribution is 0.553. The fourth-order valence-electron chi connectivity index (χ4n) is 2.96. The molecule has 4 N–H and O–H groups in total. The van der Waals surface area contributed by atoms with E-state index in [0.29, 0.717) is 13.1 Å². The van der Waals surface area contributed by atoms with Gasteiger partial charge in [-0.3, -0.25) is 0 Å². The van der Waals surface area contributed by atoms with Crippen LogP contribution in [0.2, 0.25) is 0 Å². The Kier molecular flexibility index (Phi) is 11.9. The van der Waals surface area contributed by atoms with Crippen LogP contribution in [0.5, 0.6) is 0 Å². The molecule has 0 heterocycles. The van der Waals surface area contributed by atoms with Gasteiger partial charge in [-0.15, -0.1) is 0 Å². The molecule has 0 saturated carbocycles. The van der Waals surface area contributed by atoms with Gasteiger partial charge in [0, 0.05) is 13.1 Å². The van der Waals surface area contributed by atoms with E-state index in [1.54, 1.807) is 60.7 Å². The van der Waals surface area contributed by atoms with Gasteiger partial charge in [-0.25, -0.2) is 26.3 Å². The Labute approximate surface area is 192 Å². The van der Waals surface area contributed by atoms with Crippen LogP contribution in [0.15, 0.2) is 70.5 Å². The van der Waals surface area contributed by atoms with Crippen LogP contribution in [0.25, 0.3) is 0 Å². The van der Waals surface area contributed by atoms with Gasteiger partial charge in [0.25, 0.3) is 0 Å². The third-order valence-corrected chi connectivity index (χ3v) is 7.66. The first-order chi connectivity index (χ1) is 15.4. The lowest BCUT2D eigenvalue weighted by atomic mass is 10.3. The highest BCUT2D eigenvalue weighted by molar-refractivity contribution is 7.89. The van der Waals surface area contributed by atoms with Crippen molar-refractivity contribution in [2.75, 3.05) is 39.3 Å². The van der Waals surface area contributed by atoms with E-state index in [2.05, 4.69) is 20.1 Å². The SMILES string of the molecule is O=S(=O)(NCCCNCCCCNCCCNS(=O)(=O)c1ccccc1)c1ccccc1. The summed E-state index contributed by atoms with van der Waals surface area (Å²) in [5.41, 5.74) is 0. The first-order valence-electron chi connectivity index (χ1n) is 10.9. The molecular weight excluding hydrogens is 448 g/mol. The Balaban J connectivity index is 1.39. The van der Waals surface area contributed by atoms with Crippen molar-refractivity contribution in [2.24, 2.45) is 0 Å². The van der Waals surface area contributed by atoms with E-state index < -0.39 is 20.0 Å². The van der Waals surface area contributed by atoms with Crippen molar-refractivity contribution in [1.29, 1.82) is 0 Å². The number of rotatable bonds is 17. The van der Waals surface area contributed by atoms with Crippen LogP contribution < -0.4 is 20.1 Å². The van der Waals surface area contributed by atoms with Crippen LogP contribution in [0.1, 0.15) is 25.7 Å². The molecule has 178 valence electrons. The quantitative estimate of drug-likeness (QED) is 0.255. The Hall–Kier alpha value is -1.82. The average molecular weight is 483 g/mol. The zero-order valence-electron chi connectivity index (χ0n) is 18.3. The zero-order valence-corrected chi connectivity index (χ0v) is 19.9. The second kappa shape index (κ2) is 14.4. The molecule has 0 atom stereocenters. The van der Waals surface area contributed by atoms with Gasteiger partial charge in [-0.05, 0) is 76.1 Å². The van der Waals surface area contributed by atoms with Gasteiger partial charge in [0.05, 0.1) is 9.79 Å². The molecule has 8 nitrogen and oxygen atoms in total. The summed E-state index contributed by atoms with van der Waals surface area (Å²) in [7, 11) is -6.84. The first kappa shape index (κ1) is 26.4. The summed E-state index contributed by atoms with van der Waals surface area (Å²) in [5, 5.41) is 6.63. The van der Waals surface area contributed by atoms with E-state index in [9.17, 15) is 16.8 Å². The highest BCUT2D eigenvalue weighted by Crippen LogP contribution is 2.07. The summed E-state index contributed by atoms with van der Waals surface area (Å²) >= 11 is 0. The lowest BCUT2D eigenvalue weighted by Gasteiger charge is -2.09. The lowest BCUT2D eigenvalue weighted by Crippen LogP contribution is -2.28. The maximum atomic E-state index is 12.1. The van der Waals surface area contributed by atoms with Crippen LogP contribution in [0.3, 0.4) is 0 Å². The smallest absolute Gasteiger partial charge is 0.240 e. The average Bonchev–Trinajstić information content (AvgIpc) is 2.80. The van der Waals surface area contributed by atoms with E-state index in [1.165, 1.54) is 0 Å². The van der Waals surface area contributed by atoms with Gasteiger partial charge in [-0.2, -0.15) is 0 Å². The second-order valence-corrected chi connectivity index (χ2v) is 10.9. The highest BCUT2D eigenvalue weighted by atomic mass is 32.2. The molecule has 0 aliphatic carbocycles. The Morgan fingerprint density at radius 2 is 0.812 bits per heavy atom. The van der Waals surface area contributed by atoms with Crippen molar-refractivity contribution in [3.05, 3.63) is 60.7 Å². The molecule has 2 aromatic rings. The maximum Gasteiger partial charge on any atom is 0.240 e. The van der Waals surface area contributed by atoms with Crippen LogP contribution in [0, 0.1) is 0 Å². The summed E-state index contributed by atoms with van der Waals surface area (Å²) in [6, 6.07) is 16.7. The van der Waals surface area contributed by atoms with Gasteiger partial charge < -0.3 is 10.6 Å². The Bertz CT molecular complexity index is 888. The Morgan fingerprint density at radius 3 is 1.19 bits per heavy atom. The summed E-state index contributed by atoms with van der Waals surface area (Å²) in [6.45, 7) is 4.08. The van der Waals surface area contributed by atoms with Gasteiger partial charge >= 0.3 is 0 Å². The number of hydrogen-bond acceptors (Lipinski definition) is 6. The fourth-order valence-corrected chi connectivity index (χ4v) is 5.15. The van der Waals surface area contributed by atoms with Crippen LogP contribution >= 0.6 is 0 Å². The molecule has 0 spiro atoms. The standard InChI is InChI=1S/C22H34N4O4S2/c27-31(28,21-11-3-1-4-12-21)25-19-9-17-23-15-7-8-16-24-18-10-20-26-32(29,30)22-13-5-2-6-14-22/h1-6,11-14,23-26H,7-10,15-20H2. The molecule has 0 aliphatic rings. The van der Waals surface area contributed by atoms with Crippen molar-refractivity contribution in [2.45, 2.75) is 35.5 Å². The minimum atomic E-state index is -3.42. The molecule has 0 amide bonds. The van der Waals surface area contributed by atoms with Gasteiger partial charge in [0.1, 0.15) is 0 Å². The highest BCUT2D eigenvalue weighted by Gasteiger charge is 2.12. The van der Waals surface area contributed by atoms with Crippen LogP contribution in [-0.4, -0.2) is 56.1 Å². The molecule has 0 saturated heterocycles. The molecule has 0 radical (unpaired) electrons. The van der Waals surface area contributed by atoms with E-state index in [-0.39, 0.29) is 9.79 Å². The number of sulfonamides is 2. The molecule has 0 aliphatic heterocycles. The third kappa shape index (κ3) is 10.2. The van der Waals surface area contributed by atoms with E-state index in [1.807, 2.05) is 0 Å². The van der Waals surface area contributed by atoms with E-state index >= 15 is 0 Å². The van der Waals surface area contributed by atoms with E-state index in [4.69, 9.17) is 0 Å². The summed E-state index contributed by atoms with van der Waals surface area (Å²) < 4.78 is 53.5. The zero-order chi connectivity index (χ0) is 23.1. The second-order valence-electron chi connectivity index (χ2n) is 7.34. The van der Waals surface area contributed by atoms with Crippen LogP contribution in [-0.2, 0) is 20.0 Å². The monoisotopic (exact) mass is 482 g/mol. The largest absolute Gasteiger partial charge is 0.317 e. The molecular formula is C22H34N4O4S2. The fraction of sp³-hybridized carbons (Fsp3) is 0.455. The number of hydrogen-bond donors (Lipinski definition) is 4. The molecule has 0 unspecified atom stereocenters. The number of benzene rings is 2. The first-order valence-corrected chi connectivity index (χ1v) is 13.9. The molecule has 2 rings (SSSR count). The molecule has 0 aromatic heterocycles. The predicted octanol–water partition coefficient (Wildman–Crippen LogP) is 1.68. The predicted molar refractivity (Wildman–Crippen MR) is 127 cm³/mol. The van der Waals surface area contributed by atoms with Crippen molar-refractivity contribution >= 4 is 20.0 Å². The maximum absolute atomic E-state index is 12.1.